The number of fused-ring (bicyclic) bond motifs is 1. The summed E-state index contributed by atoms with van der Waals surface area (Å²) < 4.78 is 6.14. The molecule has 140 valence electrons. The highest BCUT2D eigenvalue weighted by Crippen LogP contribution is 2.35. The van der Waals surface area contributed by atoms with Gasteiger partial charge in [0.25, 0.3) is 0 Å². The molecule has 0 aliphatic carbocycles. The zero-order valence-electron chi connectivity index (χ0n) is 15.7. The first-order valence-electron chi connectivity index (χ1n) is 9.15. The zero-order valence-corrected chi connectivity index (χ0v) is 16.4. The van der Waals surface area contributed by atoms with Crippen LogP contribution in [0.25, 0.3) is 0 Å². The molecule has 0 aromatic heterocycles. The number of ether oxygens (including phenoxy) is 1. The maximum absolute atomic E-state index is 12.8. The maximum atomic E-state index is 12.8. The van der Waals surface area contributed by atoms with E-state index in [0.717, 1.165) is 24.0 Å². The number of halogens is 1. The Balaban J connectivity index is 1.96. The van der Waals surface area contributed by atoms with Crippen molar-refractivity contribution in [3.05, 3.63) is 87.5 Å². The molecule has 0 fully saturated rings. The second-order valence-corrected chi connectivity index (χ2v) is 7.17. The summed E-state index contributed by atoms with van der Waals surface area (Å²) in [5, 5.41) is 0.688. The van der Waals surface area contributed by atoms with Crippen LogP contribution in [-0.4, -0.2) is 12.4 Å². The number of carbonyl (C=O) groups excluding carboxylic acids is 1. The normalized spacial score (nSPS) is 18.0. The van der Waals surface area contributed by atoms with Gasteiger partial charge in [0.15, 0.2) is 5.78 Å². The van der Waals surface area contributed by atoms with Crippen molar-refractivity contribution >= 4 is 23.1 Å². The van der Waals surface area contributed by atoms with Crippen LogP contribution >= 0.6 is 11.6 Å². The topological polar surface area (TPSA) is 52.3 Å². The molecule has 2 aromatic carbocycles. The molecule has 0 saturated carbocycles. The Kier molecular flexibility index (Phi) is 6.15. The minimum atomic E-state index is -0.234. The highest BCUT2D eigenvalue weighted by Gasteiger charge is 2.23. The molecule has 3 rings (SSSR count). The quantitative estimate of drug-likeness (QED) is 0.320. The number of aryl methyl sites for hydroxylation is 1. The Morgan fingerprint density at radius 2 is 2.04 bits per heavy atom. The third kappa shape index (κ3) is 4.32. The van der Waals surface area contributed by atoms with Crippen LogP contribution in [0.2, 0.25) is 5.02 Å². The van der Waals surface area contributed by atoms with Crippen molar-refractivity contribution in [2.45, 2.75) is 32.8 Å². The SMILES string of the molecule is C/C=C(\C=C(/C)C(=O)c1ccccc1N)C1OCCCc2ccc(Cl)cc21. The van der Waals surface area contributed by atoms with Crippen molar-refractivity contribution in [2.24, 2.45) is 0 Å². The second kappa shape index (κ2) is 8.55. The van der Waals surface area contributed by atoms with Crippen LogP contribution in [0, 0.1) is 0 Å². The molecule has 4 heteroatoms. The van der Waals surface area contributed by atoms with Gasteiger partial charge in [-0.25, -0.2) is 0 Å². The van der Waals surface area contributed by atoms with Gasteiger partial charge in [0.2, 0.25) is 0 Å². The van der Waals surface area contributed by atoms with E-state index < -0.39 is 0 Å². The fourth-order valence-electron chi connectivity index (χ4n) is 3.41. The fourth-order valence-corrected chi connectivity index (χ4v) is 3.59. The summed E-state index contributed by atoms with van der Waals surface area (Å²) in [5.74, 6) is -0.0765. The van der Waals surface area contributed by atoms with Crippen LogP contribution in [0.15, 0.2) is 65.8 Å². The van der Waals surface area contributed by atoms with Gasteiger partial charge in [0.05, 0.1) is 0 Å². The summed E-state index contributed by atoms with van der Waals surface area (Å²) in [6.45, 7) is 4.44. The lowest BCUT2D eigenvalue weighted by Gasteiger charge is -2.20. The van der Waals surface area contributed by atoms with Crippen molar-refractivity contribution in [1.29, 1.82) is 0 Å². The van der Waals surface area contributed by atoms with Gasteiger partial charge in [-0.15, -0.1) is 0 Å². The molecule has 1 heterocycles. The van der Waals surface area contributed by atoms with Crippen molar-refractivity contribution in [2.75, 3.05) is 12.3 Å². The van der Waals surface area contributed by atoms with Gasteiger partial charge in [-0.1, -0.05) is 35.9 Å². The fraction of sp³-hybridized carbons (Fsp3) is 0.261. The van der Waals surface area contributed by atoms with Gasteiger partial charge < -0.3 is 10.5 Å². The number of Topliss-reactive ketones (excluding diaryl/α,β-unsaturated/α-hetero) is 1. The molecule has 1 atom stereocenters. The number of hydrogen-bond donors (Lipinski definition) is 1. The molecule has 27 heavy (non-hydrogen) atoms. The van der Waals surface area contributed by atoms with Crippen LogP contribution in [0.1, 0.15) is 47.9 Å². The molecule has 0 radical (unpaired) electrons. The molecule has 0 bridgehead atoms. The summed E-state index contributed by atoms with van der Waals surface area (Å²) in [5.41, 5.74) is 10.9. The molecule has 3 nitrogen and oxygen atoms in total. The Morgan fingerprint density at radius 3 is 2.78 bits per heavy atom. The number of rotatable bonds is 4. The number of hydrogen-bond acceptors (Lipinski definition) is 3. The molecular weight excluding hydrogens is 358 g/mol. The number of ketones is 1. The van der Waals surface area contributed by atoms with E-state index in [2.05, 4.69) is 6.07 Å². The summed E-state index contributed by atoms with van der Waals surface area (Å²) in [6.07, 6.45) is 5.58. The molecule has 1 aliphatic heterocycles. The first-order valence-corrected chi connectivity index (χ1v) is 9.52. The average molecular weight is 382 g/mol. The van der Waals surface area contributed by atoms with E-state index in [4.69, 9.17) is 22.1 Å². The molecule has 2 N–H and O–H groups in total. The average Bonchev–Trinajstić information content (AvgIpc) is 2.88. The second-order valence-electron chi connectivity index (χ2n) is 6.73. The Labute approximate surface area is 165 Å². The largest absolute Gasteiger partial charge is 0.398 e. The Morgan fingerprint density at radius 1 is 1.26 bits per heavy atom. The lowest BCUT2D eigenvalue weighted by atomic mass is 9.93. The van der Waals surface area contributed by atoms with Gasteiger partial charge in [0.1, 0.15) is 6.10 Å². The number of allylic oxidation sites excluding steroid dienone is 2. The number of carbonyl (C=O) groups is 1. The summed E-state index contributed by atoms with van der Waals surface area (Å²) in [7, 11) is 0. The van der Waals surface area contributed by atoms with Crippen molar-refractivity contribution in [1.82, 2.24) is 0 Å². The summed E-state index contributed by atoms with van der Waals surface area (Å²) in [4.78, 5) is 12.8. The van der Waals surface area contributed by atoms with E-state index in [-0.39, 0.29) is 11.9 Å². The minimum Gasteiger partial charge on any atom is -0.398 e. The lowest BCUT2D eigenvalue weighted by Crippen LogP contribution is -2.09. The minimum absolute atomic E-state index is 0.0765. The highest BCUT2D eigenvalue weighted by atomic mass is 35.5. The molecular formula is C23H24ClNO2. The molecule has 2 aromatic rings. The van der Waals surface area contributed by atoms with E-state index in [1.807, 2.05) is 50.3 Å². The summed E-state index contributed by atoms with van der Waals surface area (Å²) in [6, 6.07) is 13.1. The maximum Gasteiger partial charge on any atom is 0.190 e. The van der Waals surface area contributed by atoms with E-state index >= 15 is 0 Å². The first kappa shape index (κ1) is 19.4. The van der Waals surface area contributed by atoms with Gasteiger partial charge in [-0.05, 0) is 79.3 Å². The predicted octanol–water partition coefficient (Wildman–Crippen LogP) is 5.70. The standard InChI is InChI=1S/C23H24ClNO2/c1-3-16(13-15(2)22(26)19-8-4-5-9-21(19)25)23-20-14-18(24)11-10-17(20)7-6-12-27-23/h3-5,8-11,13-14,23H,6-7,12,25H2,1-2H3/b15-13+,16-3+. The highest BCUT2D eigenvalue weighted by molar-refractivity contribution is 6.30. The zero-order chi connectivity index (χ0) is 19.4. The molecule has 0 saturated heterocycles. The monoisotopic (exact) mass is 381 g/mol. The first-order chi connectivity index (χ1) is 13.0. The van der Waals surface area contributed by atoms with Crippen LogP contribution in [0.5, 0.6) is 0 Å². The third-order valence-corrected chi connectivity index (χ3v) is 5.08. The predicted molar refractivity (Wildman–Crippen MR) is 111 cm³/mol. The lowest BCUT2D eigenvalue weighted by molar-refractivity contribution is 0.0835. The van der Waals surface area contributed by atoms with E-state index in [0.29, 0.717) is 28.5 Å². The number of para-hydroxylation sites is 1. The molecule has 1 unspecified atom stereocenters. The van der Waals surface area contributed by atoms with Crippen LogP contribution in [0.3, 0.4) is 0 Å². The number of nitrogens with two attached hydrogens (primary N) is 1. The van der Waals surface area contributed by atoms with Crippen LogP contribution in [-0.2, 0) is 11.2 Å². The number of benzene rings is 2. The third-order valence-electron chi connectivity index (χ3n) is 4.85. The summed E-state index contributed by atoms with van der Waals surface area (Å²) >= 11 is 6.24. The van der Waals surface area contributed by atoms with E-state index in [9.17, 15) is 4.79 Å². The van der Waals surface area contributed by atoms with Gasteiger partial charge >= 0.3 is 0 Å². The molecule has 1 aliphatic rings. The smallest absolute Gasteiger partial charge is 0.190 e. The Bertz CT molecular complexity index is 914. The van der Waals surface area contributed by atoms with Crippen molar-refractivity contribution in [3.63, 3.8) is 0 Å². The van der Waals surface area contributed by atoms with Crippen LogP contribution < -0.4 is 5.73 Å². The number of nitrogen functional groups attached to an aromatic ring is 1. The van der Waals surface area contributed by atoms with Crippen LogP contribution in [0.4, 0.5) is 5.69 Å². The van der Waals surface area contributed by atoms with E-state index in [1.165, 1.54) is 5.56 Å². The molecule has 0 amide bonds. The Hall–Kier alpha value is -2.36. The van der Waals surface area contributed by atoms with E-state index in [1.54, 1.807) is 12.1 Å². The van der Waals surface area contributed by atoms with Gasteiger partial charge in [-0.3, -0.25) is 4.79 Å². The van der Waals surface area contributed by atoms with Gasteiger partial charge in [0, 0.05) is 22.9 Å². The number of anilines is 1. The molecule has 0 spiro atoms. The van der Waals surface area contributed by atoms with Crippen molar-refractivity contribution < 1.29 is 9.53 Å². The van der Waals surface area contributed by atoms with Gasteiger partial charge in [-0.2, -0.15) is 0 Å². The van der Waals surface area contributed by atoms with Crippen molar-refractivity contribution in [3.8, 4) is 0 Å².